The van der Waals surface area contributed by atoms with Gasteiger partial charge in [-0.3, -0.25) is 0 Å². The summed E-state index contributed by atoms with van der Waals surface area (Å²) >= 11 is 0. The van der Waals surface area contributed by atoms with Crippen LogP contribution in [0.1, 0.15) is 36.8 Å². The zero-order chi connectivity index (χ0) is 23.4. The molecule has 0 N–H and O–H groups in total. The van der Waals surface area contributed by atoms with E-state index < -0.39 is 5.54 Å². The number of benzene rings is 2. The van der Waals surface area contributed by atoms with Crippen LogP contribution in [0.4, 0.5) is 5.69 Å². The first kappa shape index (κ1) is 22.6. The Balaban J connectivity index is 1.84. The highest BCUT2D eigenvalue weighted by atomic mass is 16.5. The van der Waals surface area contributed by atoms with Crippen LogP contribution in [0, 0.1) is 13.8 Å². The van der Waals surface area contributed by atoms with Crippen LogP contribution in [0.5, 0.6) is 23.3 Å². The fourth-order valence-electron chi connectivity index (χ4n) is 4.69. The van der Waals surface area contributed by atoms with Gasteiger partial charge in [0.15, 0.2) is 0 Å². The van der Waals surface area contributed by atoms with Crippen LogP contribution >= 0.6 is 0 Å². The monoisotopic (exact) mass is 446 g/mol. The van der Waals surface area contributed by atoms with Gasteiger partial charge in [-0.15, -0.1) is 0 Å². The Bertz CT molecular complexity index is 1040. The number of carbonyl (C=O) groups is 1. The summed E-state index contributed by atoms with van der Waals surface area (Å²) in [7, 11) is 3.41. The highest BCUT2D eigenvalue weighted by Crippen LogP contribution is 2.45. The normalized spacial score (nSPS) is 14.5. The maximum Gasteiger partial charge on any atom is 0.331 e. The predicted molar refractivity (Wildman–Crippen MR) is 128 cm³/mol. The number of hydrogen-bond acceptors (Lipinski definition) is 6. The second-order valence-corrected chi connectivity index (χ2v) is 8.44. The second-order valence-electron chi connectivity index (χ2n) is 8.44. The van der Waals surface area contributed by atoms with E-state index in [4.69, 9.17) is 19.2 Å². The van der Waals surface area contributed by atoms with Crippen LogP contribution < -0.4 is 14.4 Å². The first-order chi connectivity index (χ1) is 16.0. The number of methoxy groups -OCH3 is 1. The number of hydrogen-bond donors (Lipinski definition) is 0. The van der Waals surface area contributed by atoms with Crippen molar-refractivity contribution in [3.05, 3.63) is 71.8 Å². The molecule has 6 heteroatoms. The van der Waals surface area contributed by atoms with Gasteiger partial charge in [0.1, 0.15) is 17.0 Å². The lowest BCUT2D eigenvalue weighted by Crippen LogP contribution is -2.52. The maximum atomic E-state index is 13.0. The Morgan fingerprint density at radius 1 is 0.848 bits per heavy atom. The number of ether oxygens (including phenoxy) is 3. The van der Waals surface area contributed by atoms with Crippen molar-refractivity contribution >= 4 is 11.7 Å². The molecule has 1 heterocycles. The summed E-state index contributed by atoms with van der Waals surface area (Å²) < 4.78 is 17.6. The van der Waals surface area contributed by atoms with E-state index >= 15 is 0 Å². The van der Waals surface area contributed by atoms with Crippen LogP contribution in [0.25, 0.3) is 0 Å². The van der Waals surface area contributed by atoms with Gasteiger partial charge in [-0.2, -0.15) is 4.98 Å². The first-order valence-electron chi connectivity index (χ1n) is 11.3. The van der Waals surface area contributed by atoms with E-state index in [-0.39, 0.29) is 5.97 Å². The lowest BCUT2D eigenvalue weighted by molar-refractivity contribution is -0.146. The van der Waals surface area contributed by atoms with Crippen molar-refractivity contribution in [2.45, 2.75) is 45.1 Å². The molecule has 0 amide bonds. The van der Waals surface area contributed by atoms with Gasteiger partial charge in [-0.05, 0) is 51.0 Å². The van der Waals surface area contributed by atoms with Gasteiger partial charge >= 0.3 is 5.97 Å². The molecule has 172 valence electrons. The number of esters is 1. The summed E-state index contributed by atoms with van der Waals surface area (Å²) in [5.41, 5.74) is 1.83. The van der Waals surface area contributed by atoms with Gasteiger partial charge in [-0.25, -0.2) is 4.79 Å². The second kappa shape index (κ2) is 9.53. The highest BCUT2D eigenvalue weighted by Gasteiger charge is 2.47. The van der Waals surface area contributed by atoms with Crippen molar-refractivity contribution in [3.8, 4) is 23.3 Å². The molecule has 0 radical (unpaired) electrons. The lowest BCUT2D eigenvalue weighted by atomic mass is 9.93. The standard InChI is InChI=1S/C27H30N2O4/c1-19-23(29(3)27(26(30)31-4)17-11-12-18-27)20(2)25(33-22-15-9-6-10-16-22)28-24(19)32-21-13-7-5-8-14-21/h5-10,13-16H,11-12,17-18H2,1-4H3. The molecular formula is C27H30N2O4. The Morgan fingerprint density at radius 3 is 1.73 bits per heavy atom. The number of likely N-dealkylation sites (N-methyl/N-ethyl adjacent to an activating group) is 1. The van der Waals surface area contributed by atoms with E-state index in [0.717, 1.165) is 42.5 Å². The summed E-state index contributed by atoms with van der Waals surface area (Å²) in [6, 6.07) is 19.1. The van der Waals surface area contributed by atoms with E-state index in [9.17, 15) is 4.79 Å². The van der Waals surface area contributed by atoms with Gasteiger partial charge in [0, 0.05) is 18.2 Å². The van der Waals surface area contributed by atoms with Crippen molar-refractivity contribution in [2.75, 3.05) is 19.1 Å². The van der Waals surface area contributed by atoms with Crippen LogP contribution in [0.15, 0.2) is 60.7 Å². The molecule has 6 nitrogen and oxygen atoms in total. The van der Waals surface area contributed by atoms with Gasteiger partial charge in [0.2, 0.25) is 11.8 Å². The molecule has 0 spiro atoms. The maximum absolute atomic E-state index is 13.0. The van der Waals surface area contributed by atoms with Crippen molar-refractivity contribution in [1.82, 2.24) is 4.98 Å². The topological polar surface area (TPSA) is 60.9 Å². The van der Waals surface area contributed by atoms with Gasteiger partial charge < -0.3 is 19.1 Å². The third-order valence-corrected chi connectivity index (χ3v) is 6.44. The average molecular weight is 447 g/mol. The summed E-state index contributed by atoms with van der Waals surface area (Å²) in [5, 5.41) is 0. The summed E-state index contributed by atoms with van der Waals surface area (Å²) in [4.78, 5) is 19.8. The number of carbonyl (C=O) groups excluding carboxylic acids is 1. The van der Waals surface area contributed by atoms with E-state index in [1.54, 1.807) is 0 Å². The number of nitrogens with zero attached hydrogens (tertiary/aromatic N) is 2. The molecule has 1 aromatic heterocycles. The SMILES string of the molecule is COC(=O)C1(N(C)c2c(C)c(Oc3ccccc3)nc(Oc3ccccc3)c2C)CCCC1. The summed E-state index contributed by atoms with van der Waals surface area (Å²) in [6.45, 7) is 3.94. The highest BCUT2D eigenvalue weighted by molar-refractivity contribution is 5.87. The Hall–Kier alpha value is -3.54. The summed E-state index contributed by atoms with van der Waals surface area (Å²) in [5.74, 6) is 2.03. The van der Waals surface area contributed by atoms with Crippen LogP contribution in [0.2, 0.25) is 0 Å². The fourth-order valence-corrected chi connectivity index (χ4v) is 4.69. The molecule has 0 saturated heterocycles. The quantitative estimate of drug-likeness (QED) is 0.403. The van der Waals surface area contributed by atoms with E-state index in [0.29, 0.717) is 23.3 Å². The zero-order valence-electron chi connectivity index (χ0n) is 19.6. The molecule has 3 aromatic rings. The Morgan fingerprint density at radius 2 is 1.30 bits per heavy atom. The van der Waals surface area contributed by atoms with E-state index in [1.165, 1.54) is 7.11 Å². The minimum absolute atomic E-state index is 0.214. The minimum atomic E-state index is -0.723. The molecule has 0 unspecified atom stereocenters. The van der Waals surface area contributed by atoms with Crippen LogP contribution in [-0.2, 0) is 9.53 Å². The fraction of sp³-hybridized carbons (Fsp3) is 0.333. The van der Waals surface area contributed by atoms with Gasteiger partial charge in [-0.1, -0.05) is 49.2 Å². The van der Waals surface area contributed by atoms with Crippen molar-refractivity contribution in [1.29, 1.82) is 0 Å². The van der Waals surface area contributed by atoms with Crippen LogP contribution in [-0.4, -0.2) is 30.6 Å². The molecule has 33 heavy (non-hydrogen) atoms. The number of pyridine rings is 1. The molecule has 2 aromatic carbocycles. The number of aromatic nitrogens is 1. The molecule has 0 bridgehead atoms. The molecular weight excluding hydrogens is 416 g/mol. The zero-order valence-corrected chi connectivity index (χ0v) is 19.6. The van der Waals surface area contributed by atoms with Crippen molar-refractivity contribution in [2.24, 2.45) is 0 Å². The largest absolute Gasteiger partial charge is 0.467 e. The number of anilines is 1. The van der Waals surface area contributed by atoms with Crippen molar-refractivity contribution < 1.29 is 19.0 Å². The molecule has 0 aliphatic heterocycles. The van der Waals surface area contributed by atoms with Gasteiger partial charge in [0.05, 0.1) is 12.8 Å². The predicted octanol–water partition coefficient (Wildman–Crippen LogP) is 6.21. The number of rotatable bonds is 7. The lowest BCUT2D eigenvalue weighted by Gasteiger charge is -2.39. The third-order valence-electron chi connectivity index (χ3n) is 6.44. The molecule has 1 aliphatic carbocycles. The molecule has 4 rings (SSSR count). The minimum Gasteiger partial charge on any atom is -0.467 e. The average Bonchev–Trinajstić information content (AvgIpc) is 3.34. The molecule has 1 aliphatic rings. The van der Waals surface area contributed by atoms with Gasteiger partial charge in [0.25, 0.3) is 0 Å². The smallest absolute Gasteiger partial charge is 0.331 e. The first-order valence-corrected chi connectivity index (χ1v) is 11.3. The van der Waals surface area contributed by atoms with Crippen molar-refractivity contribution in [3.63, 3.8) is 0 Å². The summed E-state index contributed by atoms with van der Waals surface area (Å²) in [6.07, 6.45) is 3.43. The Kier molecular flexibility index (Phi) is 6.54. The number of para-hydroxylation sites is 2. The van der Waals surface area contributed by atoms with Crippen LogP contribution in [0.3, 0.4) is 0 Å². The molecule has 0 atom stereocenters. The Labute approximate surface area is 195 Å². The van der Waals surface area contributed by atoms with E-state index in [2.05, 4.69) is 0 Å². The van der Waals surface area contributed by atoms with E-state index in [1.807, 2.05) is 86.5 Å². The third kappa shape index (κ3) is 4.38. The molecule has 1 saturated carbocycles. The molecule has 1 fully saturated rings.